The Kier molecular flexibility index (Phi) is 2.50. The van der Waals surface area contributed by atoms with E-state index in [0.29, 0.717) is 12.2 Å². The van der Waals surface area contributed by atoms with E-state index in [4.69, 9.17) is 4.52 Å². The summed E-state index contributed by atoms with van der Waals surface area (Å²) in [6, 6.07) is 1.78. The van der Waals surface area contributed by atoms with Crippen LogP contribution in [-0.2, 0) is 15.0 Å². The number of carboxylic acid groups (broad SMARTS) is 1. The summed E-state index contributed by atoms with van der Waals surface area (Å²) in [7, 11) is 0. The molecule has 1 aromatic heterocycles. The van der Waals surface area contributed by atoms with Crippen molar-refractivity contribution in [3.05, 3.63) is 17.5 Å². The van der Waals surface area contributed by atoms with Crippen LogP contribution >= 0.6 is 0 Å². The Morgan fingerprint density at radius 2 is 2.19 bits per heavy atom. The standard InChI is InChI=1S/C15H18N2O4/c1-8-6-12(21-16-8)15(4-5-15)14(20)17-9-2-3-11(17)10(7-9)13(18)19/h6,9-11H,2-5,7H2,1H3,(H,18,19)/t9-,10-,11+/m1/s1. The molecule has 112 valence electrons. The molecule has 0 unspecified atom stereocenters. The molecule has 0 spiro atoms. The maximum absolute atomic E-state index is 13.0. The van der Waals surface area contributed by atoms with Gasteiger partial charge in [0.05, 0.1) is 11.6 Å². The molecule has 3 aliphatic rings. The van der Waals surface area contributed by atoms with Crippen molar-refractivity contribution in [1.82, 2.24) is 10.1 Å². The molecule has 1 saturated carbocycles. The van der Waals surface area contributed by atoms with Gasteiger partial charge in [-0.05, 0) is 39.0 Å². The van der Waals surface area contributed by atoms with Crippen LogP contribution in [0.5, 0.6) is 0 Å². The zero-order valence-electron chi connectivity index (χ0n) is 11.9. The second kappa shape index (κ2) is 4.08. The first-order chi connectivity index (χ1) is 10.0. The minimum Gasteiger partial charge on any atom is -0.481 e. The average Bonchev–Trinajstić information content (AvgIpc) is 2.81. The molecule has 1 amide bonds. The van der Waals surface area contributed by atoms with Crippen LogP contribution in [-0.4, -0.2) is 39.1 Å². The van der Waals surface area contributed by atoms with Crippen molar-refractivity contribution in [1.29, 1.82) is 0 Å². The average molecular weight is 290 g/mol. The second-order valence-electron chi connectivity index (χ2n) is 6.61. The zero-order valence-corrected chi connectivity index (χ0v) is 11.9. The normalized spacial score (nSPS) is 32.4. The highest BCUT2D eigenvalue weighted by atomic mass is 16.5. The molecule has 3 atom stereocenters. The topological polar surface area (TPSA) is 83.6 Å². The summed E-state index contributed by atoms with van der Waals surface area (Å²) in [5, 5.41) is 13.2. The predicted octanol–water partition coefficient (Wildman–Crippen LogP) is 1.48. The van der Waals surface area contributed by atoms with E-state index in [9.17, 15) is 14.7 Å². The van der Waals surface area contributed by atoms with Gasteiger partial charge in [-0.2, -0.15) is 0 Å². The number of rotatable bonds is 3. The summed E-state index contributed by atoms with van der Waals surface area (Å²) >= 11 is 0. The van der Waals surface area contributed by atoms with Crippen molar-refractivity contribution < 1.29 is 19.2 Å². The number of fused-ring (bicyclic) bond motifs is 2. The number of amides is 1. The van der Waals surface area contributed by atoms with Gasteiger partial charge in [0.1, 0.15) is 5.41 Å². The van der Waals surface area contributed by atoms with Gasteiger partial charge in [0.25, 0.3) is 0 Å². The van der Waals surface area contributed by atoms with E-state index >= 15 is 0 Å². The summed E-state index contributed by atoms with van der Waals surface area (Å²) in [4.78, 5) is 26.2. The van der Waals surface area contributed by atoms with Gasteiger partial charge in [-0.15, -0.1) is 0 Å². The summed E-state index contributed by atoms with van der Waals surface area (Å²) < 4.78 is 5.32. The number of carbonyl (C=O) groups excluding carboxylic acids is 1. The van der Waals surface area contributed by atoms with E-state index in [0.717, 1.165) is 31.4 Å². The van der Waals surface area contributed by atoms with Gasteiger partial charge < -0.3 is 14.5 Å². The van der Waals surface area contributed by atoms with Crippen LogP contribution in [0, 0.1) is 12.8 Å². The van der Waals surface area contributed by atoms with Crippen LogP contribution in [0.1, 0.15) is 43.6 Å². The lowest BCUT2D eigenvalue weighted by Crippen LogP contribution is -2.43. The summed E-state index contributed by atoms with van der Waals surface area (Å²) in [5.74, 6) is -0.488. The van der Waals surface area contributed by atoms with Crippen molar-refractivity contribution in [3.8, 4) is 0 Å². The molecule has 1 N–H and O–H groups in total. The lowest BCUT2D eigenvalue weighted by molar-refractivity contribution is -0.143. The van der Waals surface area contributed by atoms with Gasteiger partial charge >= 0.3 is 5.97 Å². The van der Waals surface area contributed by atoms with Crippen LogP contribution in [0.15, 0.2) is 10.6 Å². The van der Waals surface area contributed by atoms with E-state index in [1.165, 1.54) is 0 Å². The Hall–Kier alpha value is -1.85. The fraction of sp³-hybridized carbons (Fsp3) is 0.667. The quantitative estimate of drug-likeness (QED) is 0.911. The van der Waals surface area contributed by atoms with Crippen LogP contribution in [0.3, 0.4) is 0 Å². The number of carboxylic acids is 1. The lowest BCUT2D eigenvalue weighted by Gasteiger charge is -2.26. The third-order valence-electron chi connectivity index (χ3n) is 5.35. The van der Waals surface area contributed by atoms with Gasteiger partial charge in [0.2, 0.25) is 5.91 Å². The van der Waals surface area contributed by atoms with Crippen molar-refractivity contribution in [2.75, 3.05) is 0 Å². The third-order valence-corrected chi connectivity index (χ3v) is 5.35. The summed E-state index contributed by atoms with van der Waals surface area (Å²) in [6.07, 6.45) is 3.87. The fourth-order valence-corrected chi connectivity index (χ4v) is 4.10. The van der Waals surface area contributed by atoms with Crippen molar-refractivity contribution in [2.45, 2.75) is 56.5 Å². The van der Waals surface area contributed by atoms with Crippen LogP contribution in [0.25, 0.3) is 0 Å². The van der Waals surface area contributed by atoms with Gasteiger partial charge in [-0.25, -0.2) is 0 Å². The molecule has 4 rings (SSSR count). The smallest absolute Gasteiger partial charge is 0.308 e. The number of hydrogen-bond donors (Lipinski definition) is 1. The summed E-state index contributed by atoms with van der Waals surface area (Å²) in [6.45, 7) is 1.84. The van der Waals surface area contributed by atoms with Crippen LogP contribution in [0.4, 0.5) is 0 Å². The van der Waals surface area contributed by atoms with E-state index in [1.807, 2.05) is 17.9 Å². The molecular weight excluding hydrogens is 272 g/mol. The van der Waals surface area contributed by atoms with Crippen LogP contribution in [0.2, 0.25) is 0 Å². The highest BCUT2D eigenvalue weighted by molar-refractivity contribution is 5.92. The number of aromatic nitrogens is 1. The number of aliphatic carboxylic acids is 1. The van der Waals surface area contributed by atoms with Crippen LogP contribution < -0.4 is 0 Å². The Labute approximate surface area is 122 Å². The fourth-order valence-electron chi connectivity index (χ4n) is 4.10. The molecule has 6 nitrogen and oxygen atoms in total. The molecule has 0 radical (unpaired) electrons. The second-order valence-corrected chi connectivity index (χ2v) is 6.61. The highest BCUT2D eigenvalue weighted by Gasteiger charge is 2.61. The molecule has 0 aromatic carbocycles. The molecule has 2 saturated heterocycles. The Morgan fingerprint density at radius 1 is 1.43 bits per heavy atom. The first kappa shape index (κ1) is 12.9. The van der Waals surface area contributed by atoms with E-state index < -0.39 is 17.3 Å². The van der Waals surface area contributed by atoms with Crippen molar-refractivity contribution in [2.24, 2.45) is 5.92 Å². The van der Waals surface area contributed by atoms with Gasteiger partial charge in [-0.3, -0.25) is 9.59 Å². The third kappa shape index (κ3) is 1.68. The number of hydrogen-bond acceptors (Lipinski definition) is 4. The van der Waals surface area contributed by atoms with Gasteiger partial charge in [-0.1, -0.05) is 5.16 Å². The minimum atomic E-state index is -0.777. The first-order valence-corrected chi connectivity index (χ1v) is 7.52. The van der Waals surface area contributed by atoms with E-state index in [-0.39, 0.29) is 18.0 Å². The Morgan fingerprint density at radius 3 is 2.71 bits per heavy atom. The lowest BCUT2D eigenvalue weighted by atomic mass is 9.89. The van der Waals surface area contributed by atoms with Gasteiger partial charge in [0, 0.05) is 18.2 Å². The predicted molar refractivity (Wildman–Crippen MR) is 71.6 cm³/mol. The Balaban J connectivity index is 1.63. The molecule has 2 aliphatic heterocycles. The Bertz CT molecular complexity index is 619. The molecule has 3 heterocycles. The molecule has 1 aromatic rings. The number of carbonyl (C=O) groups is 2. The minimum absolute atomic E-state index is 0.0508. The SMILES string of the molecule is Cc1cc(C2(C(=O)N3[C@@H]4CC[C@H]3[C@H](C(=O)O)C4)CC2)on1. The van der Waals surface area contributed by atoms with E-state index in [1.54, 1.807) is 0 Å². The van der Waals surface area contributed by atoms with Crippen molar-refractivity contribution in [3.63, 3.8) is 0 Å². The number of aryl methyl sites for hydroxylation is 1. The molecule has 6 heteroatoms. The molecule has 3 fully saturated rings. The monoisotopic (exact) mass is 290 g/mol. The maximum Gasteiger partial charge on any atom is 0.308 e. The zero-order chi connectivity index (χ0) is 14.8. The summed E-state index contributed by atoms with van der Waals surface area (Å²) in [5.41, 5.74) is 0.201. The van der Waals surface area contributed by atoms with Crippen molar-refractivity contribution >= 4 is 11.9 Å². The number of nitrogens with zero attached hydrogens (tertiary/aromatic N) is 2. The molecule has 2 bridgehead atoms. The molecular formula is C15H18N2O4. The van der Waals surface area contributed by atoms with E-state index in [2.05, 4.69) is 5.16 Å². The molecule has 21 heavy (non-hydrogen) atoms. The first-order valence-electron chi connectivity index (χ1n) is 7.52. The largest absolute Gasteiger partial charge is 0.481 e. The highest BCUT2D eigenvalue weighted by Crippen LogP contribution is 2.53. The van der Waals surface area contributed by atoms with Gasteiger partial charge in [0.15, 0.2) is 5.76 Å². The molecule has 1 aliphatic carbocycles. The maximum atomic E-state index is 13.0.